The number of nitrogens with zero attached hydrogens (tertiary/aromatic N) is 1. The molecule has 0 saturated carbocycles. The van der Waals surface area contributed by atoms with Crippen LogP contribution in [-0.4, -0.2) is 47.6 Å². The first kappa shape index (κ1) is 14.8. The van der Waals surface area contributed by atoms with Gasteiger partial charge in [-0.3, -0.25) is 9.59 Å². The number of primary amides is 1. The number of hydrogen-bond acceptors (Lipinski definition) is 4. The topological polar surface area (TPSA) is 92.9 Å². The molecule has 0 aliphatic carbocycles. The van der Waals surface area contributed by atoms with Crippen LogP contribution < -0.4 is 10.5 Å². The Balaban J connectivity index is 2.26. The molecule has 2 unspecified atom stereocenters. The second-order valence-electron chi connectivity index (χ2n) is 4.61. The normalized spacial score (nSPS) is 21.9. The van der Waals surface area contributed by atoms with Crippen molar-refractivity contribution in [2.75, 3.05) is 13.7 Å². The summed E-state index contributed by atoms with van der Waals surface area (Å²) >= 11 is 3.30. The summed E-state index contributed by atoms with van der Waals surface area (Å²) in [6.07, 6.45) is -0.545. The van der Waals surface area contributed by atoms with E-state index in [4.69, 9.17) is 10.5 Å². The molecule has 1 aliphatic heterocycles. The summed E-state index contributed by atoms with van der Waals surface area (Å²) in [7, 11) is 1.53. The first-order chi connectivity index (χ1) is 9.43. The van der Waals surface area contributed by atoms with E-state index in [0.29, 0.717) is 15.8 Å². The Hall–Kier alpha value is -1.60. The molecule has 3 N–H and O–H groups in total. The highest BCUT2D eigenvalue weighted by atomic mass is 79.9. The van der Waals surface area contributed by atoms with Gasteiger partial charge in [0, 0.05) is 18.5 Å². The molecule has 0 spiro atoms. The predicted octanol–water partition coefficient (Wildman–Crippen LogP) is 0.518. The zero-order valence-electron chi connectivity index (χ0n) is 10.9. The highest BCUT2D eigenvalue weighted by molar-refractivity contribution is 9.10. The third-order valence-corrected chi connectivity index (χ3v) is 3.89. The third-order valence-electron chi connectivity index (χ3n) is 3.27. The number of rotatable bonds is 3. The SMILES string of the molecule is COc1ccc(C(=O)N2CC(O)CC2C(N)=O)cc1Br. The van der Waals surface area contributed by atoms with Crippen molar-refractivity contribution < 1.29 is 19.4 Å². The van der Waals surface area contributed by atoms with E-state index in [0.717, 1.165) is 0 Å². The van der Waals surface area contributed by atoms with Gasteiger partial charge in [-0.2, -0.15) is 0 Å². The van der Waals surface area contributed by atoms with Crippen LogP contribution in [0.4, 0.5) is 0 Å². The molecule has 7 heteroatoms. The number of methoxy groups -OCH3 is 1. The number of halogens is 1. The first-order valence-corrected chi connectivity index (χ1v) is 6.85. The van der Waals surface area contributed by atoms with E-state index in [2.05, 4.69) is 15.9 Å². The molecule has 1 aromatic rings. The second-order valence-corrected chi connectivity index (χ2v) is 5.47. The Morgan fingerprint density at radius 3 is 2.75 bits per heavy atom. The van der Waals surface area contributed by atoms with Crippen LogP contribution in [0.5, 0.6) is 5.75 Å². The van der Waals surface area contributed by atoms with Crippen LogP contribution in [0.15, 0.2) is 22.7 Å². The number of nitrogens with two attached hydrogens (primary N) is 1. The summed E-state index contributed by atoms with van der Waals surface area (Å²) in [5, 5.41) is 9.62. The molecule has 2 amide bonds. The summed E-state index contributed by atoms with van der Waals surface area (Å²) in [5.41, 5.74) is 5.67. The lowest BCUT2D eigenvalue weighted by Crippen LogP contribution is -2.43. The van der Waals surface area contributed by atoms with Crippen molar-refractivity contribution in [1.82, 2.24) is 4.90 Å². The van der Waals surface area contributed by atoms with E-state index in [9.17, 15) is 14.7 Å². The van der Waals surface area contributed by atoms with Crippen molar-refractivity contribution in [3.63, 3.8) is 0 Å². The molecular weight excluding hydrogens is 328 g/mol. The average molecular weight is 343 g/mol. The maximum Gasteiger partial charge on any atom is 0.254 e. The summed E-state index contributed by atoms with van der Waals surface area (Å²) in [6, 6.07) is 4.11. The monoisotopic (exact) mass is 342 g/mol. The first-order valence-electron chi connectivity index (χ1n) is 6.06. The van der Waals surface area contributed by atoms with Gasteiger partial charge in [0.05, 0.1) is 17.7 Å². The van der Waals surface area contributed by atoms with Gasteiger partial charge >= 0.3 is 0 Å². The van der Waals surface area contributed by atoms with Gasteiger partial charge in [0.15, 0.2) is 0 Å². The van der Waals surface area contributed by atoms with Crippen molar-refractivity contribution in [1.29, 1.82) is 0 Å². The van der Waals surface area contributed by atoms with E-state index in [1.54, 1.807) is 18.2 Å². The van der Waals surface area contributed by atoms with Crippen molar-refractivity contribution >= 4 is 27.7 Å². The van der Waals surface area contributed by atoms with Gasteiger partial charge in [-0.05, 0) is 34.1 Å². The zero-order valence-corrected chi connectivity index (χ0v) is 12.5. The van der Waals surface area contributed by atoms with E-state index < -0.39 is 18.1 Å². The summed E-state index contributed by atoms with van der Waals surface area (Å²) in [4.78, 5) is 25.1. The molecule has 1 heterocycles. The number of likely N-dealkylation sites (tertiary alicyclic amines) is 1. The number of carbonyl (C=O) groups excluding carboxylic acids is 2. The van der Waals surface area contributed by atoms with Gasteiger partial charge in [-0.25, -0.2) is 0 Å². The fourth-order valence-corrected chi connectivity index (χ4v) is 2.81. The van der Waals surface area contributed by atoms with Crippen LogP contribution in [0.2, 0.25) is 0 Å². The maximum atomic E-state index is 12.4. The smallest absolute Gasteiger partial charge is 0.254 e. The lowest BCUT2D eigenvalue weighted by atomic mass is 10.1. The highest BCUT2D eigenvalue weighted by Crippen LogP contribution is 2.27. The lowest BCUT2D eigenvalue weighted by Gasteiger charge is -2.22. The van der Waals surface area contributed by atoms with E-state index >= 15 is 0 Å². The summed E-state index contributed by atoms with van der Waals surface area (Å²) < 4.78 is 5.74. The number of carbonyl (C=O) groups is 2. The molecule has 1 saturated heterocycles. The van der Waals surface area contributed by atoms with Crippen molar-refractivity contribution in [3.8, 4) is 5.75 Å². The predicted molar refractivity (Wildman–Crippen MR) is 75.3 cm³/mol. The molecule has 6 nitrogen and oxygen atoms in total. The van der Waals surface area contributed by atoms with Crippen molar-refractivity contribution in [2.24, 2.45) is 5.73 Å². The van der Waals surface area contributed by atoms with E-state index in [-0.39, 0.29) is 18.9 Å². The molecular formula is C13H15BrN2O4. The van der Waals surface area contributed by atoms with Crippen LogP contribution in [-0.2, 0) is 4.79 Å². The fraction of sp³-hybridized carbons (Fsp3) is 0.385. The summed E-state index contributed by atoms with van der Waals surface area (Å²) in [5.74, 6) is -0.342. The van der Waals surface area contributed by atoms with Gasteiger partial charge in [-0.1, -0.05) is 0 Å². The fourth-order valence-electron chi connectivity index (χ4n) is 2.27. The Morgan fingerprint density at radius 1 is 1.50 bits per heavy atom. The number of aliphatic hydroxyl groups excluding tert-OH is 1. The van der Waals surface area contributed by atoms with Crippen LogP contribution in [0.25, 0.3) is 0 Å². The average Bonchev–Trinajstić information content (AvgIpc) is 2.80. The molecule has 0 radical (unpaired) electrons. The summed E-state index contributed by atoms with van der Waals surface area (Å²) in [6.45, 7) is 0.107. The Bertz CT molecular complexity index is 549. The number of ether oxygens (including phenoxy) is 1. The number of benzene rings is 1. The van der Waals surface area contributed by atoms with Crippen LogP contribution in [0.3, 0.4) is 0 Å². The zero-order chi connectivity index (χ0) is 14.9. The molecule has 0 bridgehead atoms. The van der Waals surface area contributed by atoms with Gasteiger partial charge in [0.25, 0.3) is 5.91 Å². The van der Waals surface area contributed by atoms with Crippen LogP contribution >= 0.6 is 15.9 Å². The van der Waals surface area contributed by atoms with Gasteiger partial charge < -0.3 is 20.5 Å². The molecule has 0 aromatic heterocycles. The quantitative estimate of drug-likeness (QED) is 0.837. The minimum Gasteiger partial charge on any atom is -0.496 e. The van der Waals surface area contributed by atoms with E-state index in [1.165, 1.54) is 12.0 Å². The van der Waals surface area contributed by atoms with Gasteiger partial charge in [-0.15, -0.1) is 0 Å². The number of β-amino-alcohol motifs (C(OH)–C–C–N with tert-alkyl or cyclic N) is 1. The second kappa shape index (κ2) is 5.80. The maximum absolute atomic E-state index is 12.4. The molecule has 1 aliphatic rings. The number of aliphatic hydroxyl groups is 1. The van der Waals surface area contributed by atoms with Crippen molar-refractivity contribution in [2.45, 2.75) is 18.6 Å². The standard InChI is InChI=1S/C13H15BrN2O4/c1-20-11-3-2-7(4-9(11)14)13(19)16-6-8(17)5-10(16)12(15)18/h2-4,8,10,17H,5-6H2,1H3,(H2,15,18). The molecule has 108 valence electrons. The molecule has 20 heavy (non-hydrogen) atoms. The van der Waals surface area contributed by atoms with Crippen LogP contribution in [0.1, 0.15) is 16.8 Å². The lowest BCUT2D eigenvalue weighted by molar-refractivity contribution is -0.121. The Labute approximate surface area is 124 Å². The largest absolute Gasteiger partial charge is 0.496 e. The van der Waals surface area contributed by atoms with Crippen molar-refractivity contribution in [3.05, 3.63) is 28.2 Å². The minimum absolute atomic E-state index is 0.107. The van der Waals surface area contributed by atoms with Gasteiger partial charge in [0.2, 0.25) is 5.91 Å². The van der Waals surface area contributed by atoms with E-state index in [1.807, 2.05) is 0 Å². The highest BCUT2D eigenvalue weighted by Gasteiger charge is 2.38. The Morgan fingerprint density at radius 2 is 2.20 bits per heavy atom. The van der Waals surface area contributed by atoms with Crippen LogP contribution in [0, 0.1) is 0 Å². The number of hydrogen-bond donors (Lipinski definition) is 2. The molecule has 1 aromatic carbocycles. The molecule has 2 atom stereocenters. The minimum atomic E-state index is -0.765. The van der Waals surface area contributed by atoms with Gasteiger partial charge in [0.1, 0.15) is 11.8 Å². The third kappa shape index (κ3) is 2.78. The number of amides is 2. The molecule has 1 fully saturated rings. The molecule has 2 rings (SSSR count). The Kier molecular flexibility index (Phi) is 4.29.